The van der Waals surface area contributed by atoms with Crippen LogP contribution in [0.15, 0.2) is 0 Å². The van der Waals surface area contributed by atoms with E-state index in [4.69, 9.17) is 0 Å². The van der Waals surface area contributed by atoms with E-state index in [9.17, 15) is 6.65 Å². The SMILES string of the molecule is [CH3][Ti]([CH3])(=[O])=[O]. The van der Waals surface area contributed by atoms with Crippen molar-refractivity contribution in [3.8, 4) is 0 Å². The summed E-state index contributed by atoms with van der Waals surface area (Å²) in [5, 5.41) is 2.53. The van der Waals surface area contributed by atoms with Crippen LogP contribution in [0.25, 0.3) is 0 Å². The van der Waals surface area contributed by atoms with Gasteiger partial charge in [0.25, 0.3) is 0 Å². The van der Waals surface area contributed by atoms with E-state index < -0.39 is 16.5 Å². The summed E-state index contributed by atoms with van der Waals surface area (Å²) >= 11 is -3.50. The molecule has 0 N–H and O–H groups in total. The number of rotatable bonds is 0. The molecule has 0 unspecified atom stereocenters. The molecule has 0 saturated heterocycles. The summed E-state index contributed by atoms with van der Waals surface area (Å²) in [5.41, 5.74) is 0. The minimum atomic E-state index is -3.50. The number of hydrogen-bond acceptors (Lipinski definition) is 2. The van der Waals surface area contributed by atoms with Crippen molar-refractivity contribution in [3.05, 3.63) is 0 Å². The first-order valence-corrected chi connectivity index (χ1v) is 5.81. The van der Waals surface area contributed by atoms with E-state index in [0.29, 0.717) is 0 Å². The van der Waals surface area contributed by atoms with Gasteiger partial charge in [-0.15, -0.1) is 0 Å². The Kier molecular flexibility index (Phi) is 1.26. The maximum atomic E-state index is 9.74. The van der Waals surface area contributed by atoms with Gasteiger partial charge in [-0.05, 0) is 0 Å². The van der Waals surface area contributed by atoms with Gasteiger partial charge in [0.15, 0.2) is 0 Å². The third-order valence-electron chi connectivity index (χ3n) is 0. The quantitative estimate of drug-likeness (QED) is 0.434. The molecule has 0 saturated carbocycles. The van der Waals surface area contributed by atoms with Crippen molar-refractivity contribution in [2.24, 2.45) is 0 Å². The predicted octanol–water partition coefficient (Wildman–Crippen LogP) is 0.927. The second-order valence-corrected chi connectivity index (χ2v) is 5.77. The van der Waals surface area contributed by atoms with Gasteiger partial charge in [0.1, 0.15) is 0 Å². The van der Waals surface area contributed by atoms with Gasteiger partial charge in [-0.25, -0.2) is 0 Å². The van der Waals surface area contributed by atoms with Crippen LogP contribution in [0.4, 0.5) is 0 Å². The molecule has 0 aromatic heterocycles. The first kappa shape index (κ1) is 5.31. The molecule has 0 aliphatic rings. The van der Waals surface area contributed by atoms with Crippen molar-refractivity contribution in [2.75, 3.05) is 0 Å². The van der Waals surface area contributed by atoms with Crippen LogP contribution in [0.1, 0.15) is 0 Å². The molecule has 0 rings (SSSR count). The van der Waals surface area contributed by atoms with Gasteiger partial charge in [0, 0.05) is 0 Å². The van der Waals surface area contributed by atoms with E-state index in [0.717, 1.165) is 0 Å². The normalized spacial score (nSPS) is 8.40. The topological polar surface area (TPSA) is 34.1 Å². The third kappa shape index (κ3) is 234. The molecule has 0 bridgehead atoms. The number of hydrogen-bond donors (Lipinski definition) is 0. The van der Waals surface area contributed by atoms with Gasteiger partial charge in [-0.2, -0.15) is 0 Å². The molecule has 0 amide bonds. The molecule has 0 aliphatic heterocycles. The van der Waals surface area contributed by atoms with Crippen molar-refractivity contribution in [3.63, 3.8) is 0 Å². The molecule has 0 aromatic rings. The van der Waals surface area contributed by atoms with E-state index in [1.165, 1.54) is 10.5 Å². The first-order chi connectivity index (χ1) is 2.00. The fourth-order valence-electron chi connectivity index (χ4n) is 0. The zero-order valence-electron chi connectivity index (χ0n) is 3.32. The molecule has 0 radical (unpaired) electrons. The van der Waals surface area contributed by atoms with Crippen LogP contribution in [0.5, 0.6) is 0 Å². The Morgan fingerprint density at radius 2 is 1.20 bits per heavy atom. The molecular weight excluding hydrogens is 104 g/mol. The Hall–Kier alpha value is 0.314. The first-order valence-electron chi connectivity index (χ1n) is 1.41. The Morgan fingerprint density at radius 1 is 1.20 bits per heavy atom. The monoisotopic (exact) mass is 110 g/mol. The van der Waals surface area contributed by atoms with Crippen LogP contribution in [0, 0.1) is 0 Å². The summed E-state index contributed by atoms with van der Waals surface area (Å²) in [6, 6.07) is 0. The standard InChI is InChI=1S/2CH3.2O.Ti/h2*1H3;;;. The zero-order chi connectivity index (χ0) is 4.50. The van der Waals surface area contributed by atoms with E-state index in [1.54, 1.807) is 0 Å². The van der Waals surface area contributed by atoms with Crippen molar-refractivity contribution < 1.29 is 23.2 Å². The molecule has 5 heavy (non-hydrogen) atoms. The average Bonchev–Trinajstić information content (AvgIpc) is 0.722. The second kappa shape index (κ2) is 1.19. The molecule has 0 atom stereocenters. The molecule has 30 valence electrons. The summed E-state index contributed by atoms with van der Waals surface area (Å²) in [6.45, 7) is 0. The van der Waals surface area contributed by atoms with Crippen LogP contribution in [0.3, 0.4) is 0 Å². The zero-order valence-corrected chi connectivity index (χ0v) is 4.88. The van der Waals surface area contributed by atoms with E-state index in [2.05, 4.69) is 0 Å². The average molecular weight is 110 g/mol. The minimum absolute atomic E-state index is 1.26. The Bertz CT molecular complexity index is 90.8. The van der Waals surface area contributed by atoms with Crippen LogP contribution in [0.2, 0.25) is 10.5 Å². The summed E-state index contributed by atoms with van der Waals surface area (Å²) < 4.78 is 19.5. The van der Waals surface area contributed by atoms with Crippen LogP contribution in [-0.4, -0.2) is 0 Å². The molecule has 0 spiro atoms. The van der Waals surface area contributed by atoms with Gasteiger partial charge in [-0.3, -0.25) is 0 Å². The van der Waals surface area contributed by atoms with E-state index >= 15 is 0 Å². The molecule has 0 fully saturated rings. The summed E-state index contributed by atoms with van der Waals surface area (Å²) in [4.78, 5) is 0. The van der Waals surface area contributed by atoms with Crippen LogP contribution < -0.4 is 0 Å². The predicted molar refractivity (Wildman–Crippen MR) is 13.1 cm³/mol. The Morgan fingerprint density at radius 3 is 1.20 bits per heavy atom. The van der Waals surface area contributed by atoms with Gasteiger partial charge in [0.2, 0.25) is 0 Å². The van der Waals surface area contributed by atoms with Gasteiger partial charge >= 0.3 is 33.6 Å². The molecule has 0 heterocycles. The second-order valence-electron chi connectivity index (χ2n) is 1.40. The van der Waals surface area contributed by atoms with Crippen molar-refractivity contribution in [2.45, 2.75) is 10.5 Å². The summed E-state index contributed by atoms with van der Waals surface area (Å²) in [6.07, 6.45) is 0. The van der Waals surface area contributed by atoms with E-state index in [-0.39, 0.29) is 0 Å². The van der Waals surface area contributed by atoms with Gasteiger partial charge in [-0.1, -0.05) is 0 Å². The van der Waals surface area contributed by atoms with Crippen molar-refractivity contribution in [1.29, 1.82) is 0 Å². The van der Waals surface area contributed by atoms with Gasteiger partial charge < -0.3 is 0 Å². The Labute approximate surface area is 34.2 Å². The van der Waals surface area contributed by atoms with Crippen molar-refractivity contribution in [1.82, 2.24) is 0 Å². The fourth-order valence-corrected chi connectivity index (χ4v) is 0. The maximum absolute atomic E-state index is 9.74. The van der Waals surface area contributed by atoms with Crippen molar-refractivity contribution >= 4 is 0 Å². The van der Waals surface area contributed by atoms with E-state index in [1.807, 2.05) is 0 Å². The van der Waals surface area contributed by atoms with Crippen LogP contribution in [-0.2, 0) is 23.2 Å². The molecular formula is C2H6O2Ti. The fraction of sp³-hybridized carbons (Fsp3) is 1.00. The van der Waals surface area contributed by atoms with Crippen LogP contribution >= 0.6 is 0 Å². The van der Waals surface area contributed by atoms with Gasteiger partial charge in [0.05, 0.1) is 0 Å². The molecule has 2 nitrogen and oxygen atoms in total. The summed E-state index contributed by atoms with van der Waals surface area (Å²) in [7, 11) is 0. The third-order valence-corrected chi connectivity index (χ3v) is 0. The molecule has 0 aromatic carbocycles. The summed E-state index contributed by atoms with van der Waals surface area (Å²) in [5.74, 6) is 0. The molecule has 3 heteroatoms. The molecule has 0 aliphatic carbocycles. The Balaban J connectivity index is 4.06.